The highest BCUT2D eigenvalue weighted by atomic mass is 16.5. The minimum absolute atomic E-state index is 0.211. The van der Waals surface area contributed by atoms with Crippen molar-refractivity contribution in [2.75, 3.05) is 12.0 Å². The number of anilines is 1. The zero-order valence-corrected chi connectivity index (χ0v) is 10.3. The number of nitrogens with two attached hydrogens (primary N) is 1. The summed E-state index contributed by atoms with van der Waals surface area (Å²) in [4.78, 5) is 15.7. The highest BCUT2D eigenvalue weighted by molar-refractivity contribution is 5.92. The van der Waals surface area contributed by atoms with Crippen LogP contribution in [0.5, 0.6) is 0 Å². The van der Waals surface area contributed by atoms with Gasteiger partial charge in [0, 0.05) is 19.9 Å². The van der Waals surface area contributed by atoms with Crippen molar-refractivity contribution >= 4 is 11.7 Å². The number of rotatable bonds is 5. The highest BCUT2D eigenvalue weighted by Crippen LogP contribution is 2.00. The van der Waals surface area contributed by atoms with Gasteiger partial charge in [-0.1, -0.05) is 5.16 Å². The molecule has 2 aromatic rings. The predicted molar refractivity (Wildman–Crippen MR) is 64.9 cm³/mol. The molecule has 0 fully saturated rings. The number of hydrogen-bond acceptors (Lipinski definition) is 8. The first-order valence-corrected chi connectivity index (χ1v) is 5.57. The lowest BCUT2D eigenvalue weighted by Gasteiger charge is -2.03. The minimum atomic E-state index is -0.323. The summed E-state index contributed by atoms with van der Waals surface area (Å²) in [5, 5.41) is 13.8. The summed E-state index contributed by atoms with van der Waals surface area (Å²) in [5.74, 6) is 6.26. The van der Waals surface area contributed by atoms with Crippen molar-refractivity contribution < 1.29 is 9.32 Å². The molecule has 1 amide bonds. The molecule has 2 heterocycles. The van der Waals surface area contributed by atoms with Gasteiger partial charge >= 0.3 is 0 Å². The number of aromatic nitrogens is 4. The predicted octanol–water partition coefficient (Wildman–Crippen LogP) is -0.574. The van der Waals surface area contributed by atoms with Crippen LogP contribution in [0.2, 0.25) is 0 Å². The van der Waals surface area contributed by atoms with Crippen LogP contribution in [-0.2, 0) is 6.42 Å². The second-order valence-electron chi connectivity index (χ2n) is 3.68. The molecule has 2 aromatic heterocycles. The highest BCUT2D eigenvalue weighted by Gasteiger charge is 2.08. The Morgan fingerprint density at radius 2 is 2.26 bits per heavy atom. The van der Waals surface area contributed by atoms with E-state index in [0.29, 0.717) is 30.5 Å². The van der Waals surface area contributed by atoms with E-state index in [-0.39, 0.29) is 11.6 Å². The molecule has 9 heteroatoms. The number of nitrogen functional groups attached to an aromatic ring is 1. The lowest BCUT2D eigenvalue weighted by Crippen LogP contribution is -2.27. The summed E-state index contributed by atoms with van der Waals surface area (Å²) in [6.07, 6.45) is 0.485. The number of carbonyl (C=O) groups is 1. The summed E-state index contributed by atoms with van der Waals surface area (Å²) in [5.41, 5.74) is 2.54. The molecule has 0 aliphatic carbocycles. The van der Waals surface area contributed by atoms with Crippen molar-refractivity contribution in [3.8, 4) is 0 Å². The molecule has 9 nitrogen and oxygen atoms in total. The van der Waals surface area contributed by atoms with Crippen LogP contribution in [0.15, 0.2) is 16.7 Å². The van der Waals surface area contributed by atoms with E-state index < -0.39 is 0 Å². The molecule has 0 saturated heterocycles. The summed E-state index contributed by atoms with van der Waals surface area (Å²) in [7, 11) is 0. The number of nitrogens with one attached hydrogen (secondary N) is 2. The number of hydrazine groups is 1. The Morgan fingerprint density at radius 3 is 2.84 bits per heavy atom. The quantitative estimate of drug-likeness (QED) is 0.482. The van der Waals surface area contributed by atoms with Crippen molar-refractivity contribution in [3.63, 3.8) is 0 Å². The molecular weight excluding hydrogens is 250 g/mol. The average molecular weight is 263 g/mol. The van der Waals surface area contributed by atoms with Crippen LogP contribution in [0.4, 0.5) is 5.82 Å². The second kappa shape index (κ2) is 5.87. The Balaban J connectivity index is 1.83. The van der Waals surface area contributed by atoms with Crippen molar-refractivity contribution in [2.24, 2.45) is 5.84 Å². The van der Waals surface area contributed by atoms with Crippen LogP contribution in [-0.4, -0.2) is 32.8 Å². The molecule has 0 aromatic carbocycles. The second-order valence-corrected chi connectivity index (χ2v) is 3.68. The molecule has 100 valence electrons. The van der Waals surface area contributed by atoms with Crippen molar-refractivity contribution in [3.05, 3.63) is 29.5 Å². The smallest absolute Gasteiger partial charge is 0.271 e. The molecule has 2 rings (SSSR count). The van der Waals surface area contributed by atoms with Gasteiger partial charge in [-0.05, 0) is 12.1 Å². The lowest BCUT2D eigenvalue weighted by atomic mass is 10.3. The zero-order chi connectivity index (χ0) is 13.7. The fourth-order valence-corrected chi connectivity index (χ4v) is 1.35. The van der Waals surface area contributed by atoms with Gasteiger partial charge in [-0.25, -0.2) is 5.84 Å². The first kappa shape index (κ1) is 12.9. The normalized spacial score (nSPS) is 10.2. The third-order valence-corrected chi connectivity index (χ3v) is 2.25. The maximum atomic E-state index is 11.7. The number of amides is 1. The van der Waals surface area contributed by atoms with E-state index in [2.05, 4.69) is 31.1 Å². The van der Waals surface area contributed by atoms with Crippen LogP contribution in [0.25, 0.3) is 0 Å². The molecule has 0 bridgehead atoms. The van der Waals surface area contributed by atoms with Crippen molar-refractivity contribution in [1.82, 2.24) is 25.7 Å². The molecule has 0 unspecified atom stereocenters. The maximum Gasteiger partial charge on any atom is 0.271 e. The number of aryl methyl sites for hydroxylation is 1. The number of nitrogens with zero attached hydrogens (tertiary/aromatic N) is 4. The molecule has 0 aliphatic heterocycles. The fourth-order valence-electron chi connectivity index (χ4n) is 1.35. The van der Waals surface area contributed by atoms with E-state index in [0.717, 1.165) is 0 Å². The van der Waals surface area contributed by atoms with E-state index in [9.17, 15) is 4.79 Å². The summed E-state index contributed by atoms with van der Waals surface area (Å²) in [6, 6.07) is 3.08. The third kappa shape index (κ3) is 3.45. The average Bonchev–Trinajstić information content (AvgIpc) is 2.84. The third-order valence-electron chi connectivity index (χ3n) is 2.25. The SMILES string of the molecule is Cc1nc(CCNC(=O)c2ccc(NN)nn2)no1. The van der Waals surface area contributed by atoms with Gasteiger partial charge in [0.1, 0.15) is 0 Å². The van der Waals surface area contributed by atoms with E-state index in [1.54, 1.807) is 13.0 Å². The monoisotopic (exact) mass is 263 g/mol. The summed E-state index contributed by atoms with van der Waals surface area (Å²) < 4.78 is 4.82. The summed E-state index contributed by atoms with van der Waals surface area (Å²) in [6.45, 7) is 2.09. The Kier molecular flexibility index (Phi) is 3.98. The van der Waals surface area contributed by atoms with Crippen LogP contribution >= 0.6 is 0 Å². The first-order valence-electron chi connectivity index (χ1n) is 5.57. The first-order chi connectivity index (χ1) is 9.19. The van der Waals surface area contributed by atoms with E-state index in [1.807, 2.05) is 0 Å². The fraction of sp³-hybridized carbons (Fsp3) is 0.300. The van der Waals surface area contributed by atoms with Crippen LogP contribution in [0.1, 0.15) is 22.2 Å². The van der Waals surface area contributed by atoms with Crippen LogP contribution in [0, 0.1) is 6.92 Å². The molecule has 0 atom stereocenters. The van der Waals surface area contributed by atoms with Gasteiger partial charge in [0.05, 0.1) is 0 Å². The van der Waals surface area contributed by atoms with Gasteiger partial charge in [0.25, 0.3) is 5.91 Å². The van der Waals surface area contributed by atoms with Gasteiger partial charge in [0.15, 0.2) is 17.3 Å². The lowest BCUT2D eigenvalue weighted by molar-refractivity contribution is 0.0948. The van der Waals surface area contributed by atoms with Crippen molar-refractivity contribution in [1.29, 1.82) is 0 Å². The molecule has 19 heavy (non-hydrogen) atoms. The molecule has 4 N–H and O–H groups in total. The minimum Gasteiger partial charge on any atom is -0.350 e. The molecular formula is C10H13N7O2. The van der Waals surface area contributed by atoms with Gasteiger partial charge in [-0.3, -0.25) is 4.79 Å². The largest absolute Gasteiger partial charge is 0.350 e. The van der Waals surface area contributed by atoms with E-state index in [4.69, 9.17) is 10.4 Å². The van der Waals surface area contributed by atoms with Crippen LogP contribution in [0.3, 0.4) is 0 Å². The molecule has 0 saturated carbocycles. The van der Waals surface area contributed by atoms with Crippen LogP contribution < -0.4 is 16.6 Å². The standard InChI is InChI=1S/C10H13N7O2/c1-6-13-8(17-19-6)4-5-12-10(18)7-2-3-9(14-11)16-15-7/h2-3H,4-5,11H2,1H3,(H,12,18)(H,14,16). The zero-order valence-electron chi connectivity index (χ0n) is 10.3. The van der Waals surface area contributed by atoms with Crippen molar-refractivity contribution in [2.45, 2.75) is 13.3 Å². The Labute approximate surface area is 108 Å². The van der Waals surface area contributed by atoms with E-state index in [1.165, 1.54) is 6.07 Å². The maximum absolute atomic E-state index is 11.7. The number of carbonyl (C=O) groups excluding carboxylic acids is 1. The molecule has 0 radical (unpaired) electrons. The Morgan fingerprint density at radius 1 is 1.42 bits per heavy atom. The van der Waals surface area contributed by atoms with Gasteiger partial charge < -0.3 is 15.3 Å². The molecule has 0 aliphatic rings. The molecule has 0 spiro atoms. The van der Waals surface area contributed by atoms with Gasteiger partial charge in [-0.15, -0.1) is 10.2 Å². The Hall–Kier alpha value is -2.55. The van der Waals surface area contributed by atoms with E-state index >= 15 is 0 Å². The summed E-state index contributed by atoms with van der Waals surface area (Å²) >= 11 is 0. The number of hydrogen-bond donors (Lipinski definition) is 3. The Bertz CT molecular complexity index is 551. The topological polar surface area (TPSA) is 132 Å². The van der Waals surface area contributed by atoms with Gasteiger partial charge in [0.2, 0.25) is 5.89 Å². The van der Waals surface area contributed by atoms with Gasteiger partial charge in [-0.2, -0.15) is 4.98 Å².